The average Bonchev–Trinajstić information content (AvgIpc) is 2.67. The maximum atomic E-state index is 12.8. The molecule has 2 aromatic carbocycles. The second-order valence-electron chi connectivity index (χ2n) is 6.31. The third kappa shape index (κ3) is 3.13. The molecule has 4 rings (SSSR count). The monoisotopic (exact) mass is 361 g/mol. The summed E-state index contributed by atoms with van der Waals surface area (Å²) in [6.07, 6.45) is 1.59. The number of carboxylic acid groups (broad SMARTS) is 1. The molecule has 0 atom stereocenters. The zero-order valence-electron chi connectivity index (χ0n) is 14.2. The molecule has 0 amide bonds. The van der Waals surface area contributed by atoms with E-state index in [-0.39, 0.29) is 16.5 Å². The first-order valence-corrected chi connectivity index (χ1v) is 8.43. The molecule has 0 saturated heterocycles. The van der Waals surface area contributed by atoms with Crippen LogP contribution in [-0.4, -0.2) is 16.1 Å². The molecule has 2 heterocycles. The van der Waals surface area contributed by atoms with E-state index in [0.29, 0.717) is 11.0 Å². The van der Waals surface area contributed by atoms with E-state index in [1.807, 2.05) is 36.4 Å². The van der Waals surface area contributed by atoms with E-state index in [0.717, 1.165) is 24.5 Å². The smallest absolute Gasteiger partial charge is 0.341 e. The molecule has 0 unspecified atom stereocenters. The number of aromatic nitrogens is 1. The van der Waals surface area contributed by atoms with Gasteiger partial charge in [-0.1, -0.05) is 36.4 Å². The maximum absolute atomic E-state index is 12.8. The standard InChI is InChI=1S/C21H15NO5/c23-18-14-10-13(7-6-12-4-2-1-3-5-12)8-9-17(14)27-20-15(18)11-16(21(25)26)19(24)22-20/h1-5,8-11H,6-7H2,(H,22,24)(H,25,26). The van der Waals surface area contributed by atoms with Gasteiger partial charge in [0.05, 0.1) is 10.8 Å². The van der Waals surface area contributed by atoms with Crippen molar-refractivity contribution in [1.29, 1.82) is 0 Å². The van der Waals surface area contributed by atoms with Gasteiger partial charge in [0.1, 0.15) is 11.1 Å². The van der Waals surface area contributed by atoms with Crippen molar-refractivity contribution in [2.24, 2.45) is 0 Å². The Kier molecular flexibility index (Phi) is 4.08. The predicted octanol–water partition coefficient (Wildman–Crippen LogP) is 3.12. The van der Waals surface area contributed by atoms with Crippen LogP contribution in [0.3, 0.4) is 0 Å². The Balaban J connectivity index is 1.80. The normalized spacial score (nSPS) is 11.1. The molecular formula is C21H15NO5. The number of rotatable bonds is 4. The summed E-state index contributed by atoms with van der Waals surface area (Å²) in [4.78, 5) is 38.1. The fourth-order valence-corrected chi connectivity index (χ4v) is 3.11. The molecule has 0 radical (unpaired) electrons. The van der Waals surface area contributed by atoms with Crippen LogP contribution in [-0.2, 0) is 12.8 Å². The number of carbonyl (C=O) groups is 1. The van der Waals surface area contributed by atoms with Gasteiger partial charge in [-0.15, -0.1) is 0 Å². The summed E-state index contributed by atoms with van der Waals surface area (Å²) in [6, 6.07) is 16.4. The van der Waals surface area contributed by atoms with Gasteiger partial charge in [-0.3, -0.25) is 14.6 Å². The van der Waals surface area contributed by atoms with Crippen molar-refractivity contribution in [1.82, 2.24) is 4.98 Å². The van der Waals surface area contributed by atoms with Crippen molar-refractivity contribution in [3.05, 3.63) is 91.9 Å². The Bertz CT molecular complexity index is 1290. The van der Waals surface area contributed by atoms with Gasteiger partial charge in [0.15, 0.2) is 0 Å². The fraction of sp³-hybridized carbons (Fsp3) is 0.0952. The average molecular weight is 361 g/mol. The van der Waals surface area contributed by atoms with Crippen molar-refractivity contribution >= 4 is 28.0 Å². The topological polar surface area (TPSA) is 100 Å². The molecule has 0 aliphatic heterocycles. The first kappa shape index (κ1) is 16.8. The number of aromatic amines is 1. The van der Waals surface area contributed by atoms with Crippen LogP contribution >= 0.6 is 0 Å². The number of fused-ring (bicyclic) bond motifs is 2. The molecule has 0 bridgehead atoms. The quantitative estimate of drug-likeness (QED) is 0.544. The molecule has 2 aromatic heterocycles. The van der Waals surface area contributed by atoms with Gasteiger partial charge in [0, 0.05) is 0 Å². The highest BCUT2D eigenvalue weighted by Gasteiger charge is 2.15. The lowest BCUT2D eigenvalue weighted by molar-refractivity contribution is 0.0695. The van der Waals surface area contributed by atoms with Crippen LogP contribution in [0.25, 0.3) is 22.1 Å². The van der Waals surface area contributed by atoms with Crippen molar-refractivity contribution in [3.63, 3.8) is 0 Å². The SMILES string of the molecule is O=C(O)c1cc2c(=O)c3cc(CCc4ccccc4)ccc3oc2[nH]c1=O. The Morgan fingerprint density at radius 3 is 2.41 bits per heavy atom. The molecule has 134 valence electrons. The third-order valence-electron chi connectivity index (χ3n) is 4.53. The van der Waals surface area contributed by atoms with Crippen LogP contribution in [0.15, 0.2) is 68.6 Å². The molecule has 27 heavy (non-hydrogen) atoms. The molecule has 0 fully saturated rings. The molecule has 2 N–H and O–H groups in total. The van der Waals surface area contributed by atoms with E-state index in [9.17, 15) is 14.4 Å². The number of pyridine rings is 1. The minimum atomic E-state index is -1.39. The van der Waals surface area contributed by atoms with Crippen molar-refractivity contribution in [2.75, 3.05) is 0 Å². The number of aryl methyl sites for hydroxylation is 2. The maximum Gasteiger partial charge on any atom is 0.341 e. The third-order valence-corrected chi connectivity index (χ3v) is 4.53. The number of hydrogen-bond donors (Lipinski definition) is 2. The second-order valence-corrected chi connectivity index (χ2v) is 6.31. The minimum absolute atomic E-state index is 0.0282. The van der Waals surface area contributed by atoms with E-state index in [2.05, 4.69) is 4.98 Å². The predicted molar refractivity (Wildman–Crippen MR) is 101 cm³/mol. The van der Waals surface area contributed by atoms with Gasteiger partial charge in [-0.2, -0.15) is 0 Å². The van der Waals surface area contributed by atoms with Crippen LogP contribution in [0.1, 0.15) is 21.5 Å². The van der Waals surface area contributed by atoms with Crippen LogP contribution in [0.5, 0.6) is 0 Å². The first-order chi connectivity index (χ1) is 13.0. The van der Waals surface area contributed by atoms with Gasteiger partial charge in [-0.25, -0.2) is 4.79 Å². The van der Waals surface area contributed by atoms with E-state index in [4.69, 9.17) is 9.52 Å². The molecule has 0 spiro atoms. The van der Waals surface area contributed by atoms with Gasteiger partial charge in [-0.05, 0) is 42.2 Å². The molecule has 0 aliphatic carbocycles. The summed E-state index contributed by atoms with van der Waals surface area (Å²) in [5.41, 5.74) is 0.819. The van der Waals surface area contributed by atoms with Crippen LogP contribution < -0.4 is 11.0 Å². The van der Waals surface area contributed by atoms with Crippen LogP contribution in [0, 0.1) is 0 Å². The molecule has 6 heteroatoms. The molecule has 4 aromatic rings. The van der Waals surface area contributed by atoms with E-state index >= 15 is 0 Å². The summed E-state index contributed by atoms with van der Waals surface area (Å²) in [6.45, 7) is 0. The van der Waals surface area contributed by atoms with Crippen LogP contribution in [0.4, 0.5) is 0 Å². The highest BCUT2D eigenvalue weighted by molar-refractivity contribution is 5.94. The van der Waals surface area contributed by atoms with Gasteiger partial charge in [0.2, 0.25) is 11.1 Å². The summed E-state index contributed by atoms with van der Waals surface area (Å²) in [5.74, 6) is -1.39. The van der Waals surface area contributed by atoms with Crippen LogP contribution in [0.2, 0.25) is 0 Å². The number of hydrogen-bond acceptors (Lipinski definition) is 4. The molecule has 0 saturated carbocycles. The van der Waals surface area contributed by atoms with E-state index < -0.39 is 17.1 Å². The van der Waals surface area contributed by atoms with Crippen molar-refractivity contribution in [2.45, 2.75) is 12.8 Å². The van der Waals surface area contributed by atoms with Crippen molar-refractivity contribution < 1.29 is 14.3 Å². The lowest BCUT2D eigenvalue weighted by Crippen LogP contribution is -2.19. The number of nitrogens with one attached hydrogen (secondary N) is 1. The number of carboxylic acids is 1. The Labute approximate surface area is 152 Å². The minimum Gasteiger partial charge on any atom is -0.477 e. The Hall–Kier alpha value is -3.67. The zero-order chi connectivity index (χ0) is 19.0. The first-order valence-electron chi connectivity index (χ1n) is 8.43. The van der Waals surface area contributed by atoms with E-state index in [1.165, 1.54) is 5.56 Å². The highest BCUT2D eigenvalue weighted by atomic mass is 16.4. The van der Waals surface area contributed by atoms with Crippen molar-refractivity contribution in [3.8, 4) is 0 Å². The molecule has 0 aliphatic rings. The Morgan fingerprint density at radius 1 is 0.926 bits per heavy atom. The van der Waals surface area contributed by atoms with Gasteiger partial charge >= 0.3 is 5.97 Å². The summed E-state index contributed by atoms with van der Waals surface area (Å²) in [7, 11) is 0. The van der Waals surface area contributed by atoms with E-state index in [1.54, 1.807) is 12.1 Å². The lowest BCUT2D eigenvalue weighted by Gasteiger charge is -2.05. The number of H-pyrrole nitrogens is 1. The molecular weight excluding hydrogens is 346 g/mol. The second kappa shape index (κ2) is 6.57. The summed E-state index contributed by atoms with van der Waals surface area (Å²) >= 11 is 0. The van der Waals surface area contributed by atoms with Gasteiger partial charge in [0.25, 0.3) is 5.56 Å². The molecule has 6 nitrogen and oxygen atoms in total. The summed E-state index contributed by atoms with van der Waals surface area (Å²) < 4.78 is 5.61. The number of benzene rings is 2. The largest absolute Gasteiger partial charge is 0.477 e. The number of aromatic carboxylic acids is 1. The fourth-order valence-electron chi connectivity index (χ4n) is 3.11. The zero-order valence-corrected chi connectivity index (χ0v) is 14.2. The highest BCUT2D eigenvalue weighted by Crippen LogP contribution is 2.19. The van der Waals surface area contributed by atoms with Gasteiger partial charge < -0.3 is 9.52 Å². The summed E-state index contributed by atoms with van der Waals surface area (Å²) in [5, 5.41) is 9.50. The Morgan fingerprint density at radius 2 is 1.67 bits per heavy atom. The lowest BCUT2D eigenvalue weighted by atomic mass is 10.0.